The molecule has 0 bridgehead atoms. The van der Waals surface area contributed by atoms with Crippen LogP contribution in [0.15, 0.2) is 115 Å². The van der Waals surface area contributed by atoms with Crippen LogP contribution in [0.4, 0.5) is 13.6 Å². The van der Waals surface area contributed by atoms with Gasteiger partial charge in [0.2, 0.25) is 35.4 Å². The second-order valence-electron chi connectivity index (χ2n) is 21.1. The predicted octanol–water partition coefficient (Wildman–Crippen LogP) is 5.01. The zero-order valence-corrected chi connectivity index (χ0v) is 46.2. The number of halogens is 2. The summed E-state index contributed by atoms with van der Waals surface area (Å²) in [6.45, 7) is -0.737. The smallest absolute Gasteiger partial charge is 0.404 e. The van der Waals surface area contributed by atoms with E-state index in [1.54, 1.807) is 66.7 Å². The Morgan fingerprint density at radius 2 is 1.54 bits per heavy atom. The summed E-state index contributed by atoms with van der Waals surface area (Å²) in [6.07, 6.45) is 1.89. The molecular formula is C60H61F2N8O13P. The SMILES string of the molecule is NC(=O)OCC(NC(=O)[C@@H]1CC[C@@H]2CCN(C(=O)CCCCCC#Cc3cccc4c3CN(C3CCC(=O)NC3=O)C4=O)C[C@H](NC(=O)c3ccc4ccc(C(F)(F)P(=O)(O)O)cc4c3)C(=O)N21)C(=O)NC(c1ccccc1)c1ccccc1. The summed E-state index contributed by atoms with van der Waals surface area (Å²) in [4.78, 5) is 145. The Bertz CT molecular complexity index is 3480. The zero-order valence-electron chi connectivity index (χ0n) is 45.3. The number of nitrogens with two attached hydrogens (primary N) is 1. The van der Waals surface area contributed by atoms with Crippen LogP contribution in [0, 0.1) is 11.8 Å². The highest BCUT2D eigenvalue weighted by Gasteiger charge is 2.51. The lowest BCUT2D eigenvalue weighted by molar-refractivity contribution is -0.146. The van der Waals surface area contributed by atoms with Crippen molar-refractivity contribution in [2.24, 2.45) is 5.73 Å². The minimum absolute atomic E-state index is 0.0209. The molecule has 9 amide bonds. The number of carbonyl (C=O) groups excluding carboxylic acids is 9. The lowest BCUT2D eigenvalue weighted by Gasteiger charge is -2.39. The first-order valence-corrected chi connectivity index (χ1v) is 29.1. The number of nitrogens with one attached hydrogen (secondary N) is 4. The fourth-order valence-corrected chi connectivity index (χ4v) is 11.6. The summed E-state index contributed by atoms with van der Waals surface area (Å²) in [5.41, 5.74) is 2.84. The van der Waals surface area contributed by atoms with Crippen LogP contribution >= 0.6 is 7.60 Å². The molecule has 0 aliphatic carbocycles. The third-order valence-electron chi connectivity index (χ3n) is 15.5. The molecule has 5 aromatic carbocycles. The number of piperidine rings is 1. The van der Waals surface area contributed by atoms with E-state index in [9.17, 15) is 61.5 Å². The largest absolute Gasteiger partial charge is 0.447 e. The molecule has 21 nitrogen and oxygen atoms in total. The second kappa shape index (κ2) is 25.7. The van der Waals surface area contributed by atoms with Crippen LogP contribution < -0.4 is 27.0 Å². The first-order chi connectivity index (χ1) is 40.2. The van der Waals surface area contributed by atoms with Crippen LogP contribution in [0.5, 0.6) is 0 Å². The van der Waals surface area contributed by atoms with Crippen molar-refractivity contribution in [3.8, 4) is 11.8 Å². The maximum Gasteiger partial charge on any atom is 0.404 e. The van der Waals surface area contributed by atoms with Crippen molar-refractivity contribution in [1.29, 1.82) is 0 Å². The lowest BCUT2D eigenvalue weighted by Crippen LogP contribution is -2.62. The molecule has 438 valence electrons. The Kier molecular flexibility index (Phi) is 18.3. The summed E-state index contributed by atoms with van der Waals surface area (Å²) >= 11 is 0. The minimum Gasteiger partial charge on any atom is -0.447 e. The van der Waals surface area contributed by atoms with Crippen LogP contribution in [0.2, 0.25) is 0 Å². The van der Waals surface area contributed by atoms with Gasteiger partial charge < -0.3 is 50.9 Å². The van der Waals surface area contributed by atoms with Gasteiger partial charge in [-0.15, -0.1) is 0 Å². The van der Waals surface area contributed by atoms with Gasteiger partial charge in [0.15, 0.2) is 0 Å². The van der Waals surface area contributed by atoms with E-state index >= 15 is 4.79 Å². The first kappa shape index (κ1) is 59.8. The number of ether oxygens (including phenoxy) is 1. The van der Waals surface area contributed by atoms with Crippen molar-refractivity contribution in [1.82, 2.24) is 36.0 Å². The molecule has 84 heavy (non-hydrogen) atoms. The van der Waals surface area contributed by atoms with Gasteiger partial charge in [-0.05, 0) is 96.3 Å². The Hall–Kier alpha value is -8.84. The Morgan fingerprint density at radius 1 is 0.821 bits per heavy atom. The Morgan fingerprint density at radius 3 is 2.23 bits per heavy atom. The monoisotopic (exact) mass is 1170 g/mol. The van der Waals surface area contributed by atoms with Crippen molar-refractivity contribution < 1.29 is 71.0 Å². The van der Waals surface area contributed by atoms with E-state index in [2.05, 4.69) is 33.1 Å². The van der Waals surface area contributed by atoms with E-state index in [0.29, 0.717) is 58.9 Å². The van der Waals surface area contributed by atoms with Crippen LogP contribution in [0.3, 0.4) is 0 Å². The van der Waals surface area contributed by atoms with Gasteiger partial charge in [0.05, 0.1) is 6.04 Å². The van der Waals surface area contributed by atoms with Gasteiger partial charge >= 0.3 is 19.4 Å². The number of carbonyl (C=O) groups is 9. The number of amides is 9. The number of primary amides is 1. The summed E-state index contributed by atoms with van der Waals surface area (Å²) in [6, 6.07) is 23.8. The second-order valence-corrected chi connectivity index (χ2v) is 22.7. The average Bonchev–Trinajstić information content (AvgIpc) is 2.63. The molecule has 5 aromatic rings. The van der Waals surface area contributed by atoms with E-state index in [4.69, 9.17) is 10.5 Å². The van der Waals surface area contributed by atoms with Crippen LogP contribution in [0.1, 0.15) is 119 Å². The summed E-state index contributed by atoms with van der Waals surface area (Å²) in [5, 5.41) is 11.0. The summed E-state index contributed by atoms with van der Waals surface area (Å²) in [7, 11) is -5.95. The molecule has 4 aliphatic rings. The first-order valence-electron chi connectivity index (χ1n) is 27.5. The average molecular weight is 1170 g/mol. The van der Waals surface area contributed by atoms with E-state index in [0.717, 1.165) is 12.1 Å². The summed E-state index contributed by atoms with van der Waals surface area (Å²) < 4.78 is 46.4. The van der Waals surface area contributed by atoms with E-state index in [1.807, 2.05) is 12.1 Å². The number of benzene rings is 5. The third-order valence-corrected chi connectivity index (χ3v) is 16.5. The van der Waals surface area contributed by atoms with Crippen LogP contribution in [-0.2, 0) is 50.3 Å². The van der Waals surface area contributed by atoms with E-state index in [-0.39, 0.29) is 86.8 Å². The van der Waals surface area contributed by atoms with Crippen molar-refractivity contribution >= 4 is 71.7 Å². The van der Waals surface area contributed by atoms with Crippen LogP contribution in [0.25, 0.3) is 10.8 Å². The molecule has 24 heteroatoms. The lowest BCUT2D eigenvalue weighted by atomic mass is 9.98. The highest BCUT2D eigenvalue weighted by atomic mass is 31.2. The molecule has 8 N–H and O–H groups in total. The number of imide groups is 1. The van der Waals surface area contributed by atoms with Gasteiger partial charge in [0.25, 0.3) is 11.8 Å². The Labute approximate surface area is 481 Å². The maximum atomic E-state index is 15.1. The number of fused-ring (bicyclic) bond motifs is 3. The van der Waals surface area contributed by atoms with Gasteiger partial charge in [-0.2, -0.15) is 8.78 Å². The van der Waals surface area contributed by atoms with E-state index < -0.39 is 97.3 Å². The fourth-order valence-electron chi connectivity index (χ4n) is 11.1. The Balaban J connectivity index is 0.896. The van der Waals surface area contributed by atoms with Crippen molar-refractivity contribution in [3.05, 3.63) is 154 Å². The van der Waals surface area contributed by atoms with Crippen molar-refractivity contribution in [2.75, 3.05) is 19.7 Å². The highest BCUT2D eigenvalue weighted by molar-refractivity contribution is 7.52. The molecule has 3 saturated heterocycles. The number of alkyl halides is 2. The van der Waals surface area contributed by atoms with Gasteiger partial charge in [0.1, 0.15) is 30.8 Å². The molecule has 5 atom stereocenters. The molecule has 0 radical (unpaired) electrons. The number of hydrogen-bond acceptors (Lipinski definition) is 11. The molecule has 0 saturated carbocycles. The van der Waals surface area contributed by atoms with Gasteiger partial charge in [-0.3, -0.25) is 48.2 Å². The number of nitrogens with zero attached hydrogens (tertiary/aromatic N) is 3. The molecule has 0 aromatic heterocycles. The molecule has 4 aliphatic heterocycles. The van der Waals surface area contributed by atoms with Crippen LogP contribution in [-0.4, -0.2) is 128 Å². The van der Waals surface area contributed by atoms with Crippen molar-refractivity contribution in [3.63, 3.8) is 0 Å². The third kappa shape index (κ3) is 13.5. The molecule has 4 heterocycles. The number of hydrogen-bond donors (Lipinski definition) is 7. The quantitative estimate of drug-likeness (QED) is 0.0263. The fraction of sp³-hybridized carbons (Fsp3) is 0.350. The molecule has 0 spiro atoms. The summed E-state index contributed by atoms with van der Waals surface area (Å²) in [5.74, 6) is 1.63. The molecule has 3 fully saturated rings. The minimum atomic E-state index is -5.95. The standard InChI is InChI=1S/C60H61F2N8O13P/c61-60(62,84(80,81)82)42-24-23-36-21-22-40(31-41(36)32-42)53(73)64-46-34-68(51(72)20-11-3-1-2-6-13-37-18-12-19-44-45(37)33-69(57(44)77)48-27-28-50(71)66-55(48)75)30-29-43-25-26-49(70(43)58(46)78)56(76)65-47(35-83-59(63)79)54(74)67-52(38-14-7-4-8-15-38)39-16-9-5-10-17-39/h4-5,7-10,12,14-19,21-24,31-32,43,46-49,52H,1-3,11,20,25-30,33-35H2,(H2,63,79)(H,64,73)(H,65,76)(H,67,74)(H,66,71,75)(H2,80,81,82)/t43-,46+,47?,48?,49+/m1/s1. The molecule has 9 rings (SSSR count). The van der Waals surface area contributed by atoms with E-state index in [1.165, 1.54) is 39.0 Å². The van der Waals surface area contributed by atoms with Crippen molar-refractivity contribution in [2.45, 2.75) is 113 Å². The highest BCUT2D eigenvalue weighted by Crippen LogP contribution is 2.59. The van der Waals surface area contributed by atoms with Gasteiger partial charge in [0, 0.05) is 67.2 Å². The predicted molar refractivity (Wildman–Crippen MR) is 299 cm³/mol. The van der Waals surface area contributed by atoms with Gasteiger partial charge in [-0.1, -0.05) is 103 Å². The number of rotatable bonds is 18. The van der Waals surface area contributed by atoms with Gasteiger partial charge in [-0.25, -0.2) is 4.79 Å². The molecule has 2 unspecified atom stereocenters. The zero-order chi connectivity index (χ0) is 59.9. The normalized spacial score (nSPS) is 19.3. The molecular weight excluding hydrogens is 1110 g/mol. The number of unbranched alkanes of at least 4 members (excludes halogenated alkanes) is 3. The maximum absolute atomic E-state index is 15.1. The topological polar surface area (TPSA) is 304 Å².